The highest BCUT2D eigenvalue weighted by Crippen LogP contribution is 2.41. The van der Waals surface area contributed by atoms with Gasteiger partial charge in [0.15, 0.2) is 0 Å². The van der Waals surface area contributed by atoms with Crippen LogP contribution in [0.5, 0.6) is 5.75 Å². The molecule has 0 radical (unpaired) electrons. The Morgan fingerprint density at radius 1 is 1.31 bits per heavy atom. The molecule has 2 nitrogen and oxygen atoms in total. The Hall–Kier alpha value is -1.02. The quantitative estimate of drug-likeness (QED) is 0.780. The molecule has 3 rings (SSSR count). The predicted molar refractivity (Wildman–Crippen MR) is 65.1 cm³/mol. The van der Waals surface area contributed by atoms with Crippen LogP contribution in [-0.4, -0.2) is 19.7 Å². The van der Waals surface area contributed by atoms with Gasteiger partial charge in [-0.3, -0.25) is 0 Å². The van der Waals surface area contributed by atoms with Gasteiger partial charge < -0.3 is 10.1 Å². The van der Waals surface area contributed by atoms with E-state index in [1.165, 1.54) is 43.4 Å². The highest BCUT2D eigenvalue weighted by atomic mass is 16.5. The van der Waals surface area contributed by atoms with E-state index in [1.54, 1.807) is 7.11 Å². The molecule has 1 aromatic rings. The second-order valence-electron chi connectivity index (χ2n) is 4.88. The van der Waals surface area contributed by atoms with Crippen molar-refractivity contribution in [1.29, 1.82) is 0 Å². The van der Waals surface area contributed by atoms with E-state index in [2.05, 4.69) is 23.5 Å². The van der Waals surface area contributed by atoms with Crippen LogP contribution in [0.15, 0.2) is 18.2 Å². The maximum Gasteiger partial charge on any atom is 0.122 e. The first kappa shape index (κ1) is 10.2. The average Bonchev–Trinajstić information content (AvgIpc) is 2.37. The second kappa shape index (κ2) is 4.10. The molecule has 0 spiro atoms. The minimum Gasteiger partial charge on any atom is -0.496 e. The molecule has 86 valence electrons. The van der Waals surface area contributed by atoms with Crippen molar-refractivity contribution in [1.82, 2.24) is 5.32 Å². The first-order chi connectivity index (χ1) is 7.90. The van der Waals surface area contributed by atoms with Crippen LogP contribution < -0.4 is 10.1 Å². The molecule has 0 unspecified atom stereocenters. The summed E-state index contributed by atoms with van der Waals surface area (Å²) in [6, 6.07) is 7.17. The van der Waals surface area contributed by atoms with E-state index in [-0.39, 0.29) is 0 Å². The van der Waals surface area contributed by atoms with Gasteiger partial charge in [0, 0.05) is 17.5 Å². The summed E-state index contributed by atoms with van der Waals surface area (Å²) >= 11 is 0. The van der Waals surface area contributed by atoms with Crippen LogP contribution in [0.25, 0.3) is 0 Å². The monoisotopic (exact) mass is 217 g/mol. The first-order valence-corrected chi connectivity index (χ1v) is 6.29. The number of ether oxygens (including phenoxy) is 1. The predicted octanol–water partition coefficient (Wildman–Crippen LogP) is 2.48. The molecule has 1 saturated heterocycles. The number of nitrogens with one attached hydrogen (secondary N) is 1. The molecule has 16 heavy (non-hydrogen) atoms. The second-order valence-corrected chi connectivity index (χ2v) is 4.88. The lowest BCUT2D eigenvalue weighted by molar-refractivity contribution is 0.307. The summed E-state index contributed by atoms with van der Waals surface area (Å²) < 4.78 is 5.53. The molecule has 1 aromatic carbocycles. The molecule has 0 aromatic heterocycles. The molecule has 2 heteroatoms. The van der Waals surface area contributed by atoms with Crippen molar-refractivity contribution >= 4 is 0 Å². The number of methoxy groups -OCH3 is 1. The molecule has 2 aliphatic rings. The van der Waals surface area contributed by atoms with Crippen molar-refractivity contribution in [2.24, 2.45) is 0 Å². The lowest BCUT2D eigenvalue weighted by Gasteiger charge is -2.38. The Morgan fingerprint density at radius 2 is 2.25 bits per heavy atom. The van der Waals surface area contributed by atoms with E-state index in [0.29, 0.717) is 12.0 Å². The zero-order valence-corrected chi connectivity index (χ0v) is 9.83. The van der Waals surface area contributed by atoms with Gasteiger partial charge in [0.25, 0.3) is 0 Å². The number of aryl methyl sites for hydroxylation is 1. The van der Waals surface area contributed by atoms with Crippen molar-refractivity contribution < 1.29 is 4.74 Å². The third-order valence-corrected chi connectivity index (χ3v) is 4.06. The van der Waals surface area contributed by atoms with Gasteiger partial charge in [-0.05, 0) is 43.9 Å². The molecular formula is C14H19NO. The van der Waals surface area contributed by atoms with Crippen LogP contribution >= 0.6 is 0 Å². The molecule has 1 heterocycles. The smallest absolute Gasteiger partial charge is 0.122 e. The highest BCUT2D eigenvalue weighted by molar-refractivity contribution is 5.45. The van der Waals surface area contributed by atoms with Gasteiger partial charge in [0.2, 0.25) is 0 Å². The Kier molecular flexibility index (Phi) is 2.60. The summed E-state index contributed by atoms with van der Waals surface area (Å²) in [5.41, 5.74) is 2.98. The molecule has 1 aliphatic carbocycles. The first-order valence-electron chi connectivity index (χ1n) is 6.29. The lowest BCUT2D eigenvalue weighted by Crippen LogP contribution is -2.42. The van der Waals surface area contributed by atoms with Crippen LogP contribution in [-0.2, 0) is 6.42 Å². The fourth-order valence-electron chi connectivity index (χ4n) is 3.32. The maximum atomic E-state index is 5.53. The topological polar surface area (TPSA) is 21.3 Å². The lowest BCUT2D eigenvalue weighted by atomic mass is 9.75. The highest BCUT2D eigenvalue weighted by Gasteiger charge is 2.33. The summed E-state index contributed by atoms with van der Waals surface area (Å²) in [5.74, 6) is 1.77. The molecule has 2 atom stereocenters. The standard InChI is InChI=1S/C14H19NO/c1-16-13-6-2-4-10-7-8-12-11(14(10)13)5-3-9-15-12/h2,4,6,11-12,15H,3,5,7-9H2,1H3/t11-,12-/m0/s1. The summed E-state index contributed by atoms with van der Waals surface area (Å²) in [7, 11) is 1.79. The number of piperidine rings is 1. The SMILES string of the molecule is COc1cccc2c1[C@H]1CCCN[C@H]1CC2. The third kappa shape index (κ3) is 1.52. The van der Waals surface area contributed by atoms with Gasteiger partial charge in [-0.25, -0.2) is 0 Å². The van der Waals surface area contributed by atoms with Gasteiger partial charge in [0.05, 0.1) is 7.11 Å². The normalized spacial score (nSPS) is 28.1. The average molecular weight is 217 g/mol. The van der Waals surface area contributed by atoms with Gasteiger partial charge in [-0.1, -0.05) is 12.1 Å². The molecule has 1 N–H and O–H groups in total. The van der Waals surface area contributed by atoms with Crippen molar-refractivity contribution in [3.8, 4) is 5.75 Å². The van der Waals surface area contributed by atoms with Crippen LogP contribution in [0.4, 0.5) is 0 Å². The van der Waals surface area contributed by atoms with Gasteiger partial charge in [0.1, 0.15) is 5.75 Å². The zero-order valence-electron chi connectivity index (χ0n) is 9.83. The van der Waals surface area contributed by atoms with Crippen molar-refractivity contribution in [3.05, 3.63) is 29.3 Å². The molecule has 1 aliphatic heterocycles. The largest absolute Gasteiger partial charge is 0.496 e. The molecule has 0 saturated carbocycles. The third-order valence-electron chi connectivity index (χ3n) is 4.06. The number of fused-ring (bicyclic) bond motifs is 3. The Morgan fingerprint density at radius 3 is 3.12 bits per heavy atom. The Bertz CT molecular complexity index is 374. The molecule has 0 amide bonds. The summed E-state index contributed by atoms with van der Waals surface area (Å²) in [6.45, 7) is 1.19. The zero-order chi connectivity index (χ0) is 11.0. The van der Waals surface area contributed by atoms with Crippen LogP contribution in [0.3, 0.4) is 0 Å². The van der Waals surface area contributed by atoms with Crippen LogP contribution in [0.2, 0.25) is 0 Å². The molecule has 0 bridgehead atoms. The van der Waals surface area contributed by atoms with E-state index in [0.717, 1.165) is 5.75 Å². The van der Waals surface area contributed by atoms with Crippen molar-refractivity contribution in [2.75, 3.05) is 13.7 Å². The Labute approximate surface area is 97.0 Å². The van der Waals surface area contributed by atoms with Gasteiger partial charge >= 0.3 is 0 Å². The summed E-state index contributed by atoms with van der Waals surface area (Å²) in [4.78, 5) is 0. The van der Waals surface area contributed by atoms with Crippen LogP contribution in [0.1, 0.15) is 36.3 Å². The number of hydrogen-bond donors (Lipinski definition) is 1. The van der Waals surface area contributed by atoms with Gasteiger partial charge in [-0.2, -0.15) is 0 Å². The van der Waals surface area contributed by atoms with Crippen molar-refractivity contribution in [2.45, 2.75) is 37.6 Å². The number of rotatable bonds is 1. The van der Waals surface area contributed by atoms with Gasteiger partial charge in [-0.15, -0.1) is 0 Å². The maximum absolute atomic E-state index is 5.53. The fraction of sp³-hybridized carbons (Fsp3) is 0.571. The van der Waals surface area contributed by atoms with E-state index < -0.39 is 0 Å². The van der Waals surface area contributed by atoms with E-state index in [1.807, 2.05) is 0 Å². The number of benzene rings is 1. The van der Waals surface area contributed by atoms with E-state index in [9.17, 15) is 0 Å². The summed E-state index contributed by atoms with van der Waals surface area (Å²) in [6.07, 6.45) is 5.08. The summed E-state index contributed by atoms with van der Waals surface area (Å²) in [5, 5.41) is 3.66. The molecular weight excluding hydrogens is 198 g/mol. The minimum atomic E-state index is 0.675. The molecule has 1 fully saturated rings. The number of hydrogen-bond acceptors (Lipinski definition) is 2. The fourth-order valence-corrected chi connectivity index (χ4v) is 3.32. The van der Waals surface area contributed by atoms with Crippen LogP contribution in [0, 0.1) is 0 Å². The van der Waals surface area contributed by atoms with E-state index >= 15 is 0 Å². The van der Waals surface area contributed by atoms with Crippen molar-refractivity contribution in [3.63, 3.8) is 0 Å². The minimum absolute atomic E-state index is 0.675. The van der Waals surface area contributed by atoms with E-state index in [4.69, 9.17) is 4.74 Å². The Balaban J connectivity index is 2.05.